The highest BCUT2D eigenvalue weighted by atomic mass is 16.6. The van der Waals surface area contributed by atoms with Crippen LogP contribution >= 0.6 is 0 Å². The van der Waals surface area contributed by atoms with E-state index in [0.29, 0.717) is 44.2 Å². The van der Waals surface area contributed by atoms with Gasteiger partial charge in [-0.3, -0.25) is 9.59 Å². The lowest BCUT2D eigenvalue weighted by molar-refractivity contribution is -0.134. The van der Waals surface area contributed by atoms with E-state index >= 15 is 0 Å². The first-order chi connectivity index (χ1) is 15.1. The molecule has 1 aromatic carbocycles. The number of hydrogen-bond acceptors (Lipinski definition) is 7. The molecule has 0 bridgehead atoms. The Kier molecular flexibility index (Phi) is 12.4. The van der Waals surface area contributed by atoms with Gasteiger partial charge < -0.3 is 29.3 Å². The van der Waals surface area contributed by atoms with Crippen molar-refractivity contribution in [1.29, 1.82) is 0 Å². The number of hydrogen-bond donors (Lipinski definition) is 1. The van der Waals surface area contributed by atoms with Gasteiger partial charge in [0, 0.05) is 13.0 Å². The van der Waals surface area contributed by atoms with Crippen LogP contribution in [-0.2, 0) is 19.2 Å². The van der Waals surface area contributed by atoms with Gasteiger partial charge in [0.25, 0.3) is 0 Å². The molecule has 1 aromatic rings. The molecule has 172 valence electrons. The molecule has 0 radical (unpaired) electrons. The Morgan fingerprint density at radius 3 is 2.77 bits per heavy atom. The number of likely N-dealkylation sites (tertiary alicyclic amines) is 1. The molecule has 0 aliphatic carbocycles. The van der Waals surface area contributed by atoms with Crippen molar-refractivity contribution < 1.29 is 28.6 Å². The van der Waals surface area contributed by atoms with E-state index in [2.05, 4.69) is 21.9 Å². The molecular formula is C22H33N3O6. The van der Waals surface area contributed by atoms with Crippen LogP contribution in [0.4, 0.5) is 0 Å². The van der Waals surface area contributed by atoms with Crippen molar-refractivity contribution in [3.8, 4) is 11.5 Å². The third-order valence-electron chi connectivity index (χ3n) is 4.32. The fourth-order valence-electron chi connectivity index (χ4n) is 3.02. The molecule has 1 saturated heterocycles. The zero-order valence-corrected chi connectivity index (χ0v) is 18.8. The SMILES string of the molecule is C=CO/N=C/NC(=O)CN1C(=O)CCC1c1ccc(OC)c(OCCOCC)c1.CC. The minimum absolute atomic E-state index is 0.0842. The number of benzene rings is 1. The summed E-state index contributed by atoms with van der Waals surface area (Å²) in [5.41, 5.74) is 0.875. The molecule has 1 fully saturated rings. The zero-order valence-electron chi connectivity index (χ0n) is 18.8. The standard InChI is InChI=1S/C20H27N3O6.C2H6/c1-4-27-10-11-28-18-12-15(6-8-17(18)26-3)16-7-9-20(25)23(16)13-19(24)21-14-22-29-5-2;1-2/h5-6,8,12,14,16H,2,4,7,9-11,13H2,1,3H3,(H,21,22,24);1-2H3. The lowest BCUT2D eigenvalue weighted by Gasteiger charge is -2.25. The predicted molar refractivity (Wildman–Crippen MR) is 118 cm³/mol. The summed E-state index contributed by atoms with van der Waals surface area (Å²) >= 11 is 0. The van der Waals surface area contributed by atoms with Crippen molar-refractivity contribution in [2.75, 3.05) is 33.5 Å². The summed E-state index contributed by atoms with van der Waals surface area (Å²) in [6.07, 6.45) is 3.22. The second-order valence-corrected chi connectivity index (χ2v) is 6.11. The first-order valence-electron chi connectivity index (χ1n) is 10.4. The maximum absolute atomic E-state index is 12.3. The second-order valence-electron chi connectivity index (χ2n) is 6.11. The van der Waals surface area contributed by atoms with Gasteiger partial charge in [0.15, 0.2) is 11.5 Å². The quantitative estimate of drug-likeness (QED) is 0.178. The molecule has 1 N–H and O–H groups in total. The van der Waals surface area contributed by atoms with Gasteiger partial charge in [0.2, 0.25) is 11.8 Å². The number of methoxy groups -OCH3 is 1. The molecular weight excluding hydrogens is 402 g/mol. The van der Waals surface area contributed by atoms with Gasteiger partial charge in [0.05, 0.1) is 19.8 Å². The maximum Gasteiger partial charge on any atom is 0.244 e. The van der Waals surface area contributed by atoms with E-state index in [9.17, 15) is 9.59 Å². The minimum Gasteiger partial charge on any atom is -0.493 e. The fourth-order valence-corrected chi connectivity index (χ4v) is 3.02. The molecule has 2 amide bonds. The Labute approximate surface area is 184 Å². The molecule has 9 nitrogen and oxygen atoms in total. The number of nitrogens with zero attached hydrogens (tertiary/aromatic N) is 2. The van der Waals surface area contributed by atoms with Gasteiger partial charge in [-0.25, -0.2) is 0 Å². The van der Waals surface area contributed by atoms with E-state index in [-0.39, 0.29) is 24.4 Å². The summed E-state index contributed by atoms with van der Waals surface area (Å²) in [5, 5.41) is 5.90. The summed E-state index contributed by atoms with van der Waals surface area (Å²) in [7, 11) is 1.57. The third kappa shape index (κ3) is 8.29. The van der Waals surface area contributed by atoms with Crippen LogP contribution < -0.4 is 14.8 Å². The van der Waals surface area contributed by atoms with Crippen molar-refractivity contribution in [3.63, 3.8) is 0 Å². The van der Waals surface area contributed by atoms with Gasteiger partial charge >= 0.3 is 0 Å². The van der Waals surface area contributed by atoms with Crippen LogP contribution in [-0.4, -0.2) is 56.5 Å². The summed E-state index contributed by atoms with van der Waals surface area (Å²) in [5.74, 6) is 0.710. The van der Waals surface area contributed by atoms with Gasteiger partial charge in [-0.1, -0.05) is 31.6 Å². The van der Waals surface area contributed by atoms with Crippen molar-refractivity contribution in [3.05, 3.63) is 36.6 Å². The van der Waals surface area contributed by atoms with Crippen molar-refractivity contribution in [1.82, 2.24) is 10.2 Å². The van der Waals surface area contributed by atoms with E-state index in [1.165, 1.54) is 0 Å². The zero-order chi connectivity index (χ0) is 23.1. The molecule has 1 atom stereocenters. The van der Waals surface area contributed by atoms with E-state index in [1.807, 2.05) is 32.9 Å². The first kappa shape index (κ1) is 26.0. The van der Waals surface area contributed by atoms with Gasteiger partial charge in [-0.15, -0.1) is 0 Å². The van der Waals surface area contributed by atoms with Crippen LogP contribution in [0.3, 0.4) is 0 Å². The van der Waals surface area contributed by atoms with Crippen molar-refractivity contribution >= 4 is 18.2 Å². The van der Waals surface area contributed by atoms with Gasteiger partial charge in [0.1, 0.15) is 25.8 Å². The fraction of sp³-hybridized carbons (Fsp3) is 0.500. The Morgan fingerprint density at radius 1 is 1.32 bits per heavy atom. The first-order valence-corrected chi connectivity index (χ1v) is 10.4. The van der Waals surface area contributed by atoms with Crippen molar-refractivity contribution in [2.45, 2.75) is 39.7 Å². The molecule has 31 heavy (non-hydrogen) atoms. The van der Waals surface area contributed by atoms with Crippen LogP contribution in [0.5, 0.6) is 11.5 Å². The van der Waals surface area contributed by atoms with Crippen LogP contribution in [0.1, 0.15) is 45.2 Å². The number of rotatable bonds is 12. The Hall–Kier alpha value is -3.07. The lowest BCUT2D eigenvalue weighted by atomic mass is 10.0. The average Bonchev–Trinajstić information content (AvgIpc) is 3.15. The molecule has 0 saturated carbocycles. The number of carbonyl (C=O) groups is 2. The highest BCUT2D eigenvalue weighted by Crippen LogP contribution is 2.37. The maximum atomic E-state index is 12.3. The Bertz CT molecular complexity index is 738. The summed E-state index contributed by atoms with van der Waals surface area (Å²) < 4.78 is 16.4. The molecule has 9 heteroatoms. The summed E-state index contributed by atoms with van der Waals surface area (Å²) in [6.45, 7) is 10.6. The Morgan fingerprint density at radius 2 is 2.10 bits per heavy atom. The summed E-state index contributed by atoms with van der Waals surface area (Å²) in [4.78, 5) is 30.5. The minimum atomic E-state index is -0.372. The van der Waals surface area contributed by atoms with Crippen LogP contribution in [0.2, 0.25) is 0 Å². The highest BCUT2D eigenvalue weighted by molar-refractivity contribution is 5.92. The molecule has 0 aromatic heterocycles. The highest BCUT2D eigenvalue weighted by Gasteiger charge is 2.33. The average molecular weight is 436 g/mol. The molecule has 0 spiro atoms. The predicted octanol–water partition coefficient (Wildman–Crippen LogP) is 3.02. The van der Waals surface area contributed by atoms with Gasteiger partial charge in [-0.2, -0.15) is 0 Å². The van der Waals surface area contributed by atoms with E-state index in [4.69, 9.17) is 14.2 Å². The van der Waals surface area contributed by atoms with Crippen molar-refractivity contribution in [2.24, 2.45) is 5.16 Å². The number of carbonyl (C=O) groups excluding carboxylic acids is 2. The van der Waals surface area contributed by atoms with Crippen LogP contribution in [0, 0.1) is 0 Å². The normalized spacial score (nSPS) is 15.3. The summed E-state index contributed by atoms with van der Waals surface area (Å²) in [6, 6.07) is 5.29. The molecule has 1 unspecified atom stereocenters. The number of amides is 2. The van der Waals surface area contributed by atoms with Gasteiger partial charge in [-0.05, 0) is 31.0 Å². The molecule has 1 aliphatic heterocycles. The van der Waals surface area contributed by atoms with Crippen LogP contribution in [0.25, 0.3) is 0 Å². The molecule has 1 heterocycles. The number of nitrogens with one attached hydrogen (secondary N) is 1. The second kappa shape index (κ2) is 14.8. The van der Waals surface area contributed by atoms with Crippen LogP contribution in [0.15, 0.2) is 36.2 Å². The van der Waals surface area contributed by atoms with E-state index < -0.39 is 0 Å². The monoisotopic (exact) mass is 435 g/mol. The van der Waals surface area contributed by atoms with E-state index in [1.54, 1.807) is 18.1 Å². The topological polar surface area (TPSA) is 98.7 Å². The molecule has 1 aliphatic rings. The number of oxime groups is 1. The lowest BCUT2D eigenvalue weighted by Crippen LogP contribution is -2.38. The largest absolute Gasteiger partial charge is 0.493 e. The van der Waals surface area contributed by atoms with E-state index in [0.717, 1.165) is 18.2 Å². The third-order valence-corrected chi connectivity index (χ3v) is 4.32. The Balaban J connectivity index is 0.00000233. The number of ether oxygens (including phenoxy) is 3. The smallest absolute Gasteiger partial charge is 0.244 e. The molecule has 2 rings (SSSR count).